The molecule has 0 aliphatic heterocycles. The van der Waals surface area contributed by atoms with E-state index in [9.17, 15) is 0 Å². The van der Waals surface area contributed by atoms with Gasteiger partial charge < -0.3 is 36.0 Å². The van der Waals surface area contributed by atoms with Gasteiger partial charge in [-0.05, 0) is 66.5 Å². The van der Waals surface area contributed by atoms with Crippen LogP contribution in [-0.2, 0) is 26.6 Å². The summed E-state index contributed by atoms with van der Waals surface area (Å²) in [7, 11) is -5.31. The average Bonchev–Trinajstić information content (AvgIpc) is 2.81. The van der Waals surface area contributed by atoms with Crippen molar-refractivity contribution in [1.29, 1.82) is 0 Å². The van der Waals surface area contributed by atoms with Crippen LogP contribution in [0.1, 0.15) is 54.4 Å². The fraction of sp³-hybridized carbons (Fsp3) is 0.750. The highest BCUT2D eigenvalue weighted by Crippen LogP contribution is 2.28. The van der Waals surface area contributed by atoms with E-state index in [1.165, 1.54) is 0 Å². The topological polar surface area (TPSA) is 73.8 Å². The molecule has 0 saturated carbocycles. The Balaban J connectivity index is 2.60. The molecule has 0 unspecified atom stereocenters. The van der Waals surface area contributed by atoms with E-state index in [2.05, 4.69) is 0 Å². The Morgan fingerprint density at radius 1 is 0.500 bits per heavy atom. The third kappa shape index (κ3) is 11.2. The summed E-state index contributed by atoms with van der Waals surface area (Å²) in [6.45, 7) is 16.3. The summed E-state index contributed by atoms with van der Waals surface area (Å²) >= 11 is 0. The summed E-state index contributed by atoms with van der Waals surface area (Å²) in [5.41, 5.74) is 0. The van der Waals surface area contributed by atoms with Gasteiger partial charge in [-0.1, -0.05) is 12.1 Å². The van der Waals surface area contributed by atoms with E-state index in [1.54, 1.807) is 0 Å². The first-order valence-electron chi connectivity index (χ1n) is 12.7. The predicted molar refractivity (Wildman–Crippen MR) is 138 cm³/mol. The standard InChI is InChI=1S/C24H46O8Si2/c1-7-27-33(28-8-2,29-9-3)21-15-19-25-23-17-13-14-18-24(23)26-20-16-22-34(30-10-4,31-11-5)32-12-6/h13-14,17-18H,7-12,15-16,19-22H2,1-6H3. The summed E-state index contributed by atoms with van der Waals surface area (Å²) in [6, 6.07) is 9.16. The summed E-state index contributed by atoms with van der Waals surface area (Å²) in [6.07, 6.45) is 1.54. The van der Waals surface area contributed by atoms with Crippen LogP contribution in [0.25, 0.3) is 0 Å². The maximum Gasteiger partial charge on any atom is 0.501 e. The van der Waals surface area contributed by atoms with E-state index in [1.807, 2.05) is 65.8 Å². The maximum absolute atomic E-state index is 6.05. The number of para-hydroxylation sites is 2. The minimum Gasteiger partial charge on any atom is -0.490 e. The zero-order valence-corrected chi connectivity index (χ0v) is 24.1. The molecule has 1 aromatic carbocycles. The van der Waals surface area contributed by atoms with Crippen molar-refractivity contribution in [1.82, 2.24) is 0 Å². The lowest BCUT2D eigenvalue weighted by Gasteiger charge is -2.28. The van der Waals surface area contributed by atoms with Crippen LogP contribution in [0.4, 0.5) is 0 Å². The van der Waals surface area contributed by atoms with Crippen molar-refractivity contribution in [2.75, 3.05) is 52.9 Å². The Hall–Kier alpha value is -0.986. The van der Waals surface area contributed by atoms with E-state index < -0.39 is 17.6 Å². The number of rotatable bonds is 22. The molecule has 0 N–H and O–H groups in total. The van der Waals surface area contributed by atoms with Gasteiger partial charge in [-0.15, -0.1) is 0 Å². The quantitative estimate of drug-likeness (QED) is 0.151. The summed E-state index contributed by atoms with van der Waals surface area (Å²) in [4.78, 5) is 0. The van der Waals surface area contributed by atoms with Crippen molar-refractivity contribution < 1.29 is 36.0 Å². The first-order valence-corrected chi connectivity index (χ1v) is 16.6. The molecule has 0 aromatic heterocycles. The molecule has 10 heteroatoms. The van der Waals surface area contributed by atoms with E-state index in [-0.39, 0.29) is 0 Å². The van der Waals surface area contributed by atoms with Gasteiger partial charge in [-0.2, -0.15) is 0 Å². The van der Waals surface area contributed by atoms with Gasteiger partial charge in [0.25, 0.3) is 0 Å². The zero-order chi connectivity index (χ0) is 25.1. The first-order chi connectivity index (χ1) is 16.5. The van der Waals surface area contributed by atoms with Crippen molar-refractivity contribution >= 4 is 17.6 Å². The van der Waals surface area contributed by atoms with Crippen LogP contribution in [0, 0.1) is 0 Å². The lowest BCUT2D eigenvalue weighted by Crippen LogP contribution is -2.46. The van der Waals surface area contributed by atoms with Gasteiger partial charge >= 0.3 is 17.6 Å². The smallest absolute Gasteiger partial charge is 0.490 e. The molecular weight excluding hydrogens is 472 g/mol. The molecule has 34 heavy (non-hydrogen) atoms. The Morgan fingerprint density at radius 2 is 0.794 bits per heavy atom. The van der Waals surface area contributed by atoms with Crippen molar-refractivity contribution in [3.8, 4) is 11.5 Å². The molecule has 198 valence electrons. The molecule has 1 aromatic rings. The van der Waals surface area contributed by atoms with E-state index in [4.69, 9.17) is 36.0 Å². The lowest BCUT2D eigenvalue weighted by molar-refractivity contribution is 0.0686. The van der Waals surface area contributed by atoms with Gasteiger partial charge in [-0.25, -0.2) is 0 Å². The minimum absolute atomic E-state index is 0.525. The van der Waals surface area contributed by atoms with Crippen LogP contribution < -0.4 is 9.47 Å². The minimum atomic E-state index is -2.65. The van der Waals surface area contributed by atoms with Gasteiger partial charge in [-0.3, -0.25) is 0 Å². The molecule has 0 atom stereocenters. The van der Waals surface area contributed by atoms with E-state index >= 15 is 0 Å². The van der Waals surface area contributed by atoms with Gasteiger partial charge in [0.1, 0.15) is 0 Å². The number of hydrogen-bond acceptors (Lipinski definition) is 8. The second-order valence-electron chi connectivity index (χ2n) is 7.31. The van der Waals surface area contributed by atoms with E-state index in [0.29, 0.717) is 64.9 Å². The Labute approximate surface area is 208 Å². The largest absolute Gasteiger partial charge is 0.501 e. The van der Waals surface area contributed by atoms with Gasteiger partial charge in [0.2, 0.25) is 0 Å². The zero-order valence-electron chi connectivity index (χ0n) is 22.1. The van der Waals surface area contributed by atoms with Crippen LogP contribution in [0.15, 0.2) is 24.3 Å². The maximum atomic E-state index is 6.05. The summed E-state index contributed by atoms with van der Waals surface area (Å²) in [5.74, 6) is 1.45. The van der Waals surface area contributed by atoms with Crippen molar-refractivity contribution in [2.24, 2.45) is 0 Å². The second kappa shape index (κ2) is 18.3. The van der Waals surface area contributed by atoms with Crippen LogP contribution in [0.3, 0.4) is 0 Å². The first kappa shape index (κ1) is 31.0. The molecule has 0 aliphatic carbocycles. The Kier molecular flexibility index (Phi) is 16.7. The monoisotopic (exact) mass is 518 g/mol. The molecular formula is C24H46O8Si2. The van der Waals surface area contributed by atoms with Crippen LogP contribution >= 0.6 is 0 Å². The summed E-state index contributed by atoms with van der Waals surface area (Å²) < 4.78 is 47.6. The highest BCUT2D eigenvalue weighted by atomic mass is 28.4. The number of hydrogen-bond donors (Lipinski definition) is 0. The van der Waals surface area contributed by atoms with E-state index in [0.717, 1.165) is 24.3 Å². The van der Waals surface area contributed by atoms with Crippen LogP contribution in [-0.4, -0.2) is 70.5 Å². The molecule has 0 aliphatic rings. The van der Waals surface area contributed by atoms with Gasteiger partial charge in [0, 0.05) is 51.7 Å². The molecule has 0 saturated heterocycles. The van der Waals surface area contributed by atoms with Gasteiger partial charge in [0.15, 0.2) is 11.5 Å². The third-order valence-electron chi connectivity index (χ3n) is 4.80. The second-order valence-corrected chi connectivity index (χ2v) is 12.8. The van der Waals surface area contributed by atoms with Crippen LogP contribution in [0.2, 0.25) is 12.1 Å². The number of benzene rings is 1. The molecule has 0 spiro atoms. The normalized spacial score (nSPS) is 12.2. The molecule has 0 bridgehead atoms. The Morgan fingerprint density at radius 3 is 1.06 bits per heavy atom. The third-order valence-corrected chi connectivity index (χ3v) is 11.1. The fourth-order valence-electron chi connectivity index (χ4n) is 3.63. The molecule has 0 fully saturated rings. The number of ether oxygens (including phenoxy) is 2. The SMILES string of the molecule is CCO[Si](CCCOc1ccccc1OCCC[Si](OCC)(OCC)OCC)(OCC)OCC. The molecule has 0 heterocycles. The highest BCUT2D eigenvalue weighted by Gasteiger charge is 2.40. The average molecular weight is 519 g/mol. The summed E-state index contributed by atoms with van der Waals surface area (Å²) in [5, 5.41) is 0. The molecule has 0 radical (unpaired) electrons. The predicted octanol–water partition coefficient (Wildman–Crippen LogP) is 5.32. The van der Waals surface area contributed by atoms with Gasteiger partial charge in [0.05, 0.1) is 13.2 Å². The molecule has 1 rings (SSSR count). The van der Waals surface area contributed by atoms with Crippen molar-refractivity contribution in [3.05, 3.63) is 24.3 Å². The van der Waals surface area contributed by atoms with Crippen molar-refractivity contribution in [2.45, 2.75) is 66.5 Å². The fourth-order valence-corrected chi connectivity index (χ4v) is 8.79. The lowest BCUT2D eigenvalue weighted by atomic mass is 10.3. The van der Waals surface area contributed by atoms with Crippen molar-refractivity contribution in [3.63, 3.8) is 0 Å². The Bertz CT molecular complexity index is 548. The molecule has 0 amide bonds. The van der Waals surface area contributed by atoms with Crippen LogP contribution in [0.5, 0.6) is 11.5 Å². The molecule has 8 nitrogen and oxygen atoms in total. The highest BCUT2D eigenvalue weighted by molar-refractivity contribution is 6.61.